The lowest BCUT2D eigenvalue weighted by molar-refractivity contribution is -0.245. The number of hydrogen-bond acceptors (Lipinski definition) is 10. The van der Waals surface area contributed by atoms with Crippen LogP contribution in [0.4, 0.5) is 5.69 Å². The Morgan fingerprint density at radius 2 is 1.85 bits per heavy atom. The van der Waals surface area contributed by atoms with Crippen molar-refractivity contribution in [3.8, 4) is 0 Å². The van der Waals surface area contributed by atoms with E-state index in [2.05, 4.69) is 65.3 Å². The van der Waals surface area contributed by atoms with E-state index in [9.17, 15) is 24.9 Å². The van der Waals surface area contributed by atoms with Crippen LogP contribution in [-0.2, 0) is 25.6 Å². The molecule has 0 amide bonds. The van der Waals surface area contributed by atoms with Crippen LogP contribution in [0.15, 0.2) is 63.8 Å². The average molecular weight is 751 g/mol. The van der Waals surface area contributed by atoms with Crippen LogP contribution in [0.25, 0.3) is 0 Å². The molecule has 3 heterocycles. The standard InChI is InChI=1S/C41H55ClN4O7/c1-7-27-11-8-9-13-31(27)46-17-15-45(16-18-46)22-25(4)39(6)14-10-12-28-21-24(3)36(52-26(5)47)33(41(28,39)51)32-35(37(48)49)43-38-40(32,50)29-19-23(2)20-30(42)34(29)44-53-38/h8-9,11,13,19-21,23,25,28,32-33,35-36,38,43,50-51H,7,10,12,14-18,22H2,1-6H3,(H,48,49)/t23-,25?,28+,32+,33?,35+,36?,38-,39?,40+,41-/m1/s1. The van der Waals surface area contributed by atoms with Crippen molar-refractivity contribution in [1.29, 1.82) is 0 Å². The van der Waals surface area contributed by atoms with Crippen LogP contribution in [0.2, 0.25) is 0 Å². The number of carboxylic acid groups (broad SMARTS) is 1. The number of aryl methyl sites for hydroxylation is 1. The number of benzene rings is 1. The van der Waals surface area contributed by atoms with Crippen molar-refractivity contribution < 1.29 is 34.5 Å². The summed E-state index contributed by atoms with van der Waals surface area (Å²) < 4.78 is 6.13. The Morgan fingerprint density at radius 3 is 2.53 bits per heavy atom. The molecule has 1 saturated carbocycles. The predicted molar refractivity (Wildman–Crippen MR) is 203 cm³/mol. The van der Waals surface area contributed by atoms with Gasteiger partial charge in [-0.3, -0.25) is 19.8 Å². The number of anilines is 1. The van der Waals surface area contributed by atoms with Gasteiger partial charge in [0, 0.05) is 74.1 Å². The molecule has 4 unspecified atom stereocenters. The first-order valence-corrected chi connectivity index (χ1v) is 19.7. The number of hydrogen-bond donors (Lipinski definition) is 4. The van der Waals surface area contributed by atoms with Crippen LogP contribution in [0, 0.1) is 35.0 Å². The molecule has 3 fully saturated rings. The number of halogens is 1. The number of para-hydroxylation sites is 1. The number of carbonyl (C=O) groups is 2. The zero-order valence-electron chi connectivity index (χ0n) is 31.7. The molecule has 6 aliphatic rings. The van der Waals surface area contributed by atoms with Crippen molar-refractivity contribution in [1.82, 2.24) is 10.2 Å². The Kier molecular flexibility index (Phi) is 10.1. The van der Waals surface area contributed by atoms with Crippen molar-refractivity contribution in [3.63, 3.8) is 0 Å². The number of nitrogens with zero attached hydrogens (tertiary/aromatic N) is 3. The van der Waals surface area contributed by atoms with Gasteiger partial charge in [0.2, 0.25) is 6.23 Å². The molecule has 12 heteroatoms. The molecular weight excluding hydrogens is 696 g/mol. The molecule has 1 aromatic carbocycles. The topological polar surface area (TPSA) is 144 Å². The number of ether oxygens (including phenoxy) is 1. The molecule has 0 bridgehead atoms. The highest BCUT2D eigenvalue weighted by Gasteiger charge is 2.73. The van der Waals surface area contributed by atoms with Gasteiger partial charge in [0.05, 0.1) is 10.6 Å². The Bertz CT molecular complexity index is 1750. The lowest BCUT2D eigenvalue weighted by Crippen LogP contribution is -2.71. The normalized spacial score (nSPS) is 38.9. The van der Waals surface area contributed by atoms with Crippen LogP contribution < -0.4 is 10.2 Å². The first-order valence-electron chi connectivity index (χ1n) is 19.3. The highest BCUT2D eigenvalue weighted by molar-refractivity contribution is 6.47. The molecule has 53 heavy (non-hydrogen) atoms. The van der Waals surface area contributed by atoms with E-state index in [-0.39, 0.29) is 23.5 Å². The average Bonchev–Trinajstić information content (AvgIpc) is 3.43. The van der Waals surface area contributed by atoms with Crippen LogP contribution in [0.1, 0.15) is 66.4 Å². The van der Waals surface area contributed by atoms with Gasteiger partial charge in [-0.15, -0.1) is 0 Å². The molecule has 1 aromatic rings. The fourth-order valence-corrected chi connectivity index (χ4v) is 11.3. The number of piperazine rings is 1. The molecule has 2 saturated heterocycles. The third kappa shape index (κ3) is 6.05. The van der Waals surface area contributed by atoms with Gasteiger partial charge in [-0.1, -0.05) is 87.3 Å². The van der Waals surface area contributed by atoms with Crippen LogP contribution in [0.5, 0.6) is 0 Å². The second kappa shape index (κ2) is 14.1. The summed E-state index contributed by atoms with van der Waals surface area (Å²) in [7, 11) is 0. The monoisotopic (exact) mass is 750 g/mol. The number of oxime groups is 1. The zero-order chi connectivity index (χ0) is 38.0. The first-order chi connectivity index (χ1) is 25.1. The van der Waals surface area contributed by atoms with Crippen LogP contribution in [-0.4, -0.2) is 100 Å². The zero-order valence-corrected chi connectivity index (χ0v) is 32.5. The Balaban J connectivity index is 1.29. The summed E-state index contributed by atoms with van der Waals surface area (Å²) in [5, 5.41) is 45.4. The molecule has 11 nitrogen and oxygen atoms in total. The van der Waals surface area contributed by atoms with Crippen molar-refractivity contribution in [2.45, 2.75) is 96.8 Å². The number of carboxylic acids is 1. The SMILES string of the molecule is CCc1ccccc1N1CCN(CC(C)C2(C)CCC[C@H]3C=C(C)C(OC(C)=O)C([C@H]4[C@@H](C(=O)O)N[C@@H]5ON=C6C(Cl)=C[C@H](C)C=C6[C@@]54O)[C@]32O)CC1. The first kappa shape index (κ1) is 38.1. The number of rotatable bonds is 8. The number of allylic oxidation sites excluding steroid dienone is 3. The largest absolute Gasteiger partial charge is 0.480 e. The number of carbonyl (C=O) groups excluding carboxylic acids is 1. The summed E-state index contributed by atoms with van der Waals surface area (Å²) in [6.45, 7) is 15.9. The van der Waals surface area contributed by atoms with E-state index in [1.807, 2.05) is 26.0 Å². The van der Waals surface area contributed by atoms with Gasteiger partial charge in [-0.25, -0.2) is 0 Å². The minimum absolute atomic E-state index is 0.0498. The van der Waals surface area contributed by atoms with Gasteiger partial charge >= 0.3 is 11.9 Å². The third-order valence-corrected chi connectivity index (χ3v) is 14.0. The highest BCUT2D eigenvalue weighted by Crippen LogP contribution is 2.64. The summed E-state index contributed by atoms with van der Waals surface area (Å²) in [6.07, 6.45) is 6.61. The Morgan fingerprint density at radius 1 is 1.13 bits per heavy atom. The van der Waals surface area contributed by atoms with Crippen molar-refractivity contribution >= 4 is 34.9 Å². The molecule has 0 spiro atoms. The van der Waals surface area contributed by atoms with Gasteiger partial charge in [0.1, 0.15) is 23.5 Å². The fraction of sp³-hybridized carbons (Fsp3) is 0.634. The maximum Gasteiger partial charge on any atom is 0.321 e. The smallest absolute Gasteiger partial charge is 0.321 e. The lowest BCUT2D eigenvalue weighted by Gasteiger charge is -2.64. The molecule has 3 aliphatic carbocycles. The van der Waals surface area contributed by atoms with E-state index in [1.54, 1.807) is 6.08 Å². The summed E-state index contributed by atoms with van der Waals surface area (Å²) in [5.74, 6) is -4.62. The van der Waals surface area contributed by atoms with Crippen molar-refractivity contribution in [3.05, 3.63) is 64.2 Å². The van der Waals surface area contributed by atoms with Crippen LogP contribution in [0.3, 0.4) is 0 Å². The summed E-state index contributed by atoms with van der Waals surface area (Å²) in [5.41, 5.74) is -0.396. The highest BCUT2D eigenvalue weighted by atomic mass is 35.5. The minimum atomic E-state index is -1.99. The Hall–Kier alpha value is -3.22. The second-order valence-corrected chi connectivity index (χ2v) is 17.0. The van der Waals surface area contributed by atoms with E-state index >= 15 is 0 Å². The van der Waals surface area contributed by atoms with Gasteiger partial charge in [-0.05, 0) is 55.2 Å². The molecule has 4 N–H and O–H groups in total. The molecule has 11 atom stereocenters. The van der Waals surface area contributed by atoms with Gasteiger partial charge < -0.3 is 29.8 Å². The van der Waals surface area contributed by atoms with E-state index in [1.165, 1.54) is 18.2 Å². The number of aliphatic hydroxyl groups is 2. The van der Waals surface area contributed by atoms with Gasteiger partial charge in [-0.2, -0.15) is 0 Å². The molecule has 7 rings (SSSR count). The van der Waals surface area contributed by atoms with E-state index in [0.717, 1.165) is 51.1 Å². The lowest BCUT2D eigenvalue weighted by atomic mass is 9.44. The molecule has 3 aliphatic heterocycles. The maximum atomic E-state index is 13.9. The van der Waals surface area contributed by atoms with Crippen LogP contribution >= 0.6 is 11.6 Å². The fourth-order valence-electron chi connectivity index (χ4n) is 10.9. The summed E-state index contributed by atoms with van der Waals surface area (Å²) in [4.78, 5) is 36.9. The number of nitrogens with one attached hydrogen (secondary N) is 1. The van der Waals surface area contributed by atoms with Crippen molar-refractivity contribution in [2.24, 2.45) is 40.2 Å². The molecule has 0 radical (unpaired) electrons. The van der Waals surface area contributed by atoms with E-state index in [0.29, 0.717) is 23.4 Å². The van der Waals surface area contributed by atoms with E-state index < -0.39 is 58.8 Å². The summed E-state index contributed by atoms with van der Waals surface area (Å²) >= 11 is 6.69. The maximum absolute atomic E-state index is 13.9. The number of fused-ring (bicyclic) bond motifs is 4. The molecular formula is C41H55ClN4O7. The quantitative estimate of drug-likeness (QED) is 0.215. The van der Waals surface area contributed by atoms with Gasteiger partial charge in [0.25, 0.3) is 0 Å². The molecule has 288 valence electrons. The Labute approximate surface area is 317 Å². The second-order valence-electron chi connectivity index (χ2n) is 16.6. The minimum Gasteiger partial charge on any atom is -0.480 e. The third-order valence-electron chi connectivity index (χ3n) is 13.7. The van der Waals surface area contributed by atoms with Gasteiger partial charge in [0.15, 0.2) is 0 Å². The number of aliphatic carboxylic acids is 1. The van der Waals surface area contributed by atoms with Crippen molar-refractivity contribution in [2.75, 3.05) is 37.6 Å². The predicted octanol–water partition coefficient (Wildman–Crippen LogP) is 4.87. The molecule has 0 aromatic heterocycles. The van der Waals surface area contributed by atoms with E-state index in [4.69, 9.17) is 21.2 Å². The number of esters is 1. The summed E-state index contributed by atoms with van der Waals surface area (Å²) in [6, 6.07) is 7.22.